The fourth-order valence-corrected chi connectivity index (χ4v) is 1.16. The Bertz CT molecular complexity index is 374. The normalized spacial score (nSPS) is 15.1. The van der Waals surface area contributed by atoms with Gasteiger partial charge in [-0.3, -0.25) is 10.1 Å². The third-order valence-corrected chi connectivity index (χ3v) is 1.95. The SMILES string of the molecule is Nc1cc(OC2CC2)cc([N+](=O)[O-])c1. The van der Waals surface area contributed by atoms with Gasteiger partial charge in [0, 0.05) is 17.8 Å². The largest absolute Gasteiger partial charge is 0.490 e. The number of nitro benzene ring substituents is 1. The number of rotatable bonds is 3. The Kier molecular flexibility index (Phi) is 1.99. The maximum atomic E-state index is 10.5. The Morgan fingerprint density at radius 3 is 2.71 bits per heavy atom. The summed E-state index contributed by atoms with van der Waals surface area (Å²) in [5.41, 5.74) is 5.84. The van der Waals surface area contributed by atoms with Gasteiger partial charge < -0.3 is 10.5 Å². The summed E-state index contributed by atoms with van der Waals surface area (Å²) in [6.07, 6.45) is 2.25. The predicted octanol–water partition coefficient (Wildman–Crippen LogP) is 1.72. The number of hydrogen-bond acceptors (Lipinski definition) is 4. The summed E-state index contributed by atoms with van der Waals surface area (Å²) in [5.74, 6) is 0.485. The van der Waals surface area contributed by atoms with Crippen molar-refractivity contribution < 1.29 is 9.66 Å². The van der Waals surface area contributed by atoms with Gasteiger partial charge in [0.2, 0.25) is 0 Å². The lowest BCUT2D eigenvalue weighted by atomic mass is 10.2. The number of hydrogen-bond donors (Lipinski definition) is 1. The van der Waals surface area contributed by atoms with Gasteiger partial charge >= 0.3 is 0 Å². The zero-order valence-corrected chi connectivity index (χ0v) is 7.47. The quantitative estimate of drug-likeness (QED) is 0.451. The molecule has 1 aliphatic rings. The van der Waals surface area contributed by atoms with Crippen LogP contribution in [0.2, 0.25) is 0 Å². The van der Waals surface area contributed by atoms with Crippen molar-refractivity contribution in [2.45, 2.75) is 18.9 Å². The summed E-state index contributed by atoms with van der Waals surface area (Å²) in [6.45, 7) is 0. The van der Waals surface area contributed by atoms with E-state index >= 15 is 0 Å². The maximum Gasteiger partial charge on any atom is 0.275 e. The highest BCUT2D eigenvalue weighted by Crippen LogP contribution is 2.30. The second-order valence-corrected chi connectivity index (χ2v) is 3.33. The summed E-state index contributed by atoms with van der Waals surface area (Å²) in [7, 11) is 0. The zero-order valence-electron chi connectivity index (χ0n) is 7.47. The second kappa shape index (κ2) is 3.17. The fraction of sp³-hybridized carbons (Fsp3) is 0.333. The lowest BCUT2D eigenvalue weighted by Gasteiger charge is -2.04. The molecule has 0 heterocycles. The molecule has 0 amide bonds. The van der Waals surface area contributed by atoms with Crippen molar-refractivity contribution in [1.29, 1.82) is 0 Å². The molecule has 1 fully saturated rings. The highest BCUT2D eigenvalue weighted by molar-refractivity contribution is 5.53. The van der Waals surface area contributed by atoms with Crippen molar-refractivity contribution in [2.75, 3.05) is 5.73 Å². The Balaban J connectivity index is 2.25. The Morgan fingerprint density at radius 1 is 1.43 bits per heavy atom. The molecular formula is C9H10N2O3. The topological polar surface area (TPSA) is 78.4 Å². The molecule has 14 heavy (non-hydrogen) atoms. The van der Waals surface area contributed by atoms with Crippen LogP contribution in [0.25, 0.3) is 0 Å². The third kappa shape index (κ3) is 1.93. The number of nitrogens with two attached hydrogens (primary N) is 1. The number of nitrogens with zero attached hydrogens (tertiary/aromatic N) is 1. The number of anilines is 1. The van der Waals surface area contributed by atoms with Crippen LogP contribution in [0.5, 0.6) is 5.75 Å². The Morgan fingerprint density at radius 2 is 2.14 bits per heavy atom. The third-order valence-electron chi connectivity index (χ3n) is 1.95. The van der Waals surface area contributed by atoms with E-state index in [0.29, 0.717) is 11.4 Å². The molecule has 0 atom stereocenters. The van der Waals surface area contributed by atoms with Crippen LogP contribution in [-0.2, 0) is 0 Å². The first-order valence-electron chi connectivity index (χ1n) is 4.37. The highest BCUT2D eigenvalue weighted by atomic mass is 16.6. The van der Waals surface area contributed by atoms with Crippen molar-refractivity contribution in [3.8, 4) is 5.75 Å². The van der Waals surface area contributed by atoms with Crippen LogP contribution in [0.3, 0.4) is 0 Å². The van der Waals surface area contributed by atoms with E-state index in [1.54, 1.807) is 6.07 Å². The summed E-state index contributed by atoms with van der Waals surface area (Å²) in [5, 5.41) is 10.5. The van der Waals surface area contributed by atoms with Crippen molar-refractivity contribution in [2.24, 2.45) is 0 Å². The molecule has 0 saturated heterocycles. The van der Waals surface area contributed by atoms with Gasteiger partial charge in [0.25, 0.3) is 5.69 Å². The van der Waals surface area contributed by atoms with Crippen molar-refractivity contribution >= 4 is 11.4 Å². The molecule has 74 valence electrons. The van der Waals surface area contributed by atoms with E-state index in [2.05, 4.69) is 0 Å². The van der Waals surface area contributed by atoms with Gasteiger partial charge in [0.05, 0.1) is 17.1 Å². The van der Waals surface area contributed by atoms with Gasteiger partial charge in [0.15, 0.2) is 0 Å². The minimum absolute atomic E-state index is 0.0272. The summed E-state index contributed by atoms with van der Waals surface area (Å²) in [6, 6.07) is 4.32. The first kappa shape index (κ1) is 8.80. The summed E-state index contributed by atoms with van der Waals surface area (Å²) < 4.78 is 5.41. The van der Waals surface area contributed by atoms with E-state index in [1.807, 2.05) is 0 Å². The lowest BCUT2D eigenvalue weighted by Crippen LogP contribution is -1.98. The number of nitro groups is 1. The van der Waals surface area contributed by atoms with Crippen LogP contribution < -0.4 is 10.5 Å². The summed E-state index contributed by atoms with van der Waals surface area (Å²) >= 11 is 0. The fourth-order valence-electron chi connectivity index (χ4n) is 1.16. The smallest absolute Gasteiger partial charge is 0.275 e. The molecule has 2 N–H and O–H groups in total. The van der Waals surface area contributed by atoms with Gasteiger partial charge in [-0.05, 0) is 12.8 Å². The molecule has 0 spiro atoms. The number of benzene rings is 1. The average Bonchev–Trinajstić information content (AvgIpc) is 2.87. The van der Waals surface area contributed by atoms with E-state index in [9.17, 15) is 10.1 Å². The standard InChI is InChI=1S/C9H10N2O3/c10-6-3-7(11(12)13)5-9(4-6)14-8-1-2-8/h3-5,8H,1-2,10H2. The molecule has 1 aliphatic carbocycles. The minimum Gasteiger partial charge on any atom is -0.490 e. The monoisotopic (exact) mass is 194 g/mol. The molecule has 1 aromatic carbocycles. The molecule has 0 bridgehead atoms. The molecular weight excluding hydrogens is 184 g/mol. The second-order valence-electron chi connectivity index (χ2n) is 3.33. The van der Waals surface area contributed by atoms with E-state index in [4.69, 9.17) is 10.5 Å². The van der Waals surface area contributed by atoms with Crippen LogP contribution in [0.4, 0.5) is 11.4 Å². The van der Waals surface area contributed by atoms with Crippen molar-refractivity contribution in [3.05, 3.63) is 28.3 Å². The predicted molar refractivity (Wildman–Crippen MR) is 51.2 cm³/mol. The van der Waals surface area contributed by atoms with E-state index in [0.717, 1.165) is 12.8 Å². The molecule has 5 nitrogen and oxygen atoms in total. The first-order chi connectivity index (χ1) is 6.65. The number of nitrogen functional groups attached to an aromatic ring is 1. The van der Waals surface area contributed by atoms with Gasteiger partial charge in [-0.1, -0.05) is 0 Å². The lowest BCUT2D eigenvalue weighted by molar-refractivity contribution is -0.384. The van der Waals surface area contributed by atoms with E-state index in [-0.39, 0.29) is 11.8 Å². The molecule has 1 saturated carbocycles. The first-order valence-corrected chi connectivity index (χ1v) is 4.37. The number of non-ortho nitro benzene ring substituents is 1. The van der Waals surface area contributed by atoms with Crippen molar-refractivity contribution in [1.82, 2.24) is 0 Å². The zero-order chi connectivity index (χ0) is 10.1. The average molecular weight is 194 g/mol. The Hall–Kier alpha value is -1.78. The molecule has 2 rings (SSSR count). The van der Waals surface area contributed by atoms with Gasteiger partial charge in [0.1, 0.15) is 5.75 Å². The van der Waals surface area contributed by atoms with E-state index < -0.39 is 4.92 Å². The van der Waals surface area contributed by atoms with Crippen LogP contribution in [0.15, 0.2) is 18.2 Å². The van der Waals surface area contributed by atoms with Gasteiger partial charge in [-0.25, -0.2) is 0 Å². The molecule has 1 aromatic rings. The van der Waals surface area contributed by atoms with Gasteiger partial charge in [-0.15, -0.1) is 0 Å². The van der Waals surface area contributed by atoms with Crippen LogP contribution in [0.1, 0.15) is 12.8 Å². The highest BCUT2D eigenvalue weighted by Gasteiger charge is 2.24. The molecule has 5 heteroatoms. The van der Waals surface area contributed by atoms with Gasteiger partial charge in [-0.2, -0.15) is 0 Å². The van der Waals surface area contributed by atoms with Crippen LogP contribution in [-0.4, -0.2) is 11.0 Å². The summed E-state index contributed by atoms with van der Waals surface area (Å²) in [4.78, 5) is 10.0. The van der Waals surface area contributed by atoms with Crippen LogP contribution in [0, 0.1) is 10.1 Å². The molecule has 0 unspecified atom stereocenters. The minimum atomic E-state index is -0.476. The molecule has 0 radical (unpaired) electrons. The van der Waals surface area contributed by atoms with Crippen LogP contribution >= 0.6 is 0 Å². The maximum absolute atomic E-state index is 10.5. The number of ether oxygens (including phenoxy) is 1. The van der Waals surface area contributed by atoms with E-state index in [1.165, 1.54) is 12.1 Å². The Labute approximate surface area is 80.6 Å². The molecule has 0 aliphatic heterocycles. The molecule has 0 aromatic heterocycles. The van der Waals surface area contributed by atoms with Crippen molar-refractivity contribution in [3.63, 3.8) is 0 Å².